The number of nitrogens with one attached hydrogen (secondary N) is 6. The Morgan fingerprint density at radius 2 is 0.392 bits per heavy atom. The molecule has 0 aromatic heterocycles. The van der Waals surface area contributed by atoms with E-state index in [1.807, 2.05) is 0 Å². The fourth-order valence-electron chi connectivity index (χ4n) is 13.6. The Labute approximate surface area is 786 Å². The lowest BCUT2D eigenvalue weighted by Crippen LogP contribution is -2.38. The van der Waals surface area contributed by atoms with Crippen molar-refractivity contribution in [2.24, 2.45) is 0 Å². The third-order valence-electron chi connectivity index (χ3n) is 21.4. The van der Waals surface area contributed by atoms with Crippen LogP contribution in [0.25, 0.3) is 0 Å². The Kier molecular flexibility index (Phi) is 89.8. The number of hydrogen-bond acceptors (Lipinski definition) is 14. The van der Waals surface area contributed by atoms with Gasteiger partial charge in [-0.1, -0.05) is 255 Å². The molecule has 7 N–H and O–H groups in total. The molecule has 0 atom stereocenters. The molecule has 0 unspecified atom stereocenters. The van der Waals surface area contributed by atoms with Crippen molar-refractivity contribution in [2.45, 2.75) is 413 Å². The maximum Gasteiger partial charge on any atom is 0.407 e. The summed E-state index contributed by atoms with van der Waals surface area (Å²) in [5.41, 5.74) is 0. The van der Waals surface area contributed by atoms with Crippen LogP contribution in [0, 0.1) is 94.7 Å². The molecule has 0 aromatic rings. The summed E-state index contributed by atoms with van der Waals surface area (Å²) in [4.78, 5) is 134. The summed E-state index contributed by atoms with van der Waals surface area (Å²) < 4.78 is 21.5. The molecule has 24 heteroatoms. The number of aliphatic carboxylic acids is 1. The predicted octanol–water partition coefficient (Wildman–Crippen LogP) is 20.2. The molecular formula is C106H171N9O15. The molecule has 730 valence electrons. The Bertz CT molecular complexity index is 3130. The van der Waals surface area contributed by atoms with E-state index in [2.05, 4.69) is 154 Å². The zero-order valence-electron chi connectivity index (χ0n) is 81.2. The van der Waals surface area contributed by atoms with Crippen LogP contribution in [-0.2, 0) is 47.7 Å². The lowest BCUT2D eigenvalue weighted by molar-refractivity contribution is -0.141. The zero-order valence-corrected chi connectivity index (χ0v) is 81.2. The Morgan fingerprint density at radius 3 is 0.592 bits per heavy atom. The highest BCUT2D eigenvalue weighted by atomic mass is 16.6. The SMILES string of the molecule is CCCCCCCCCCC#CC#CCCCCOC(=O)NCCCN(CCCNC(=O)OCCCCC#CC#CCCCCCCCCCC)C(=O)CCC(=O)NCCCN(CCCNC(=O)CCC(=O)N(CCCNC(=O)OCCCCC#CC#CCCCCCCCCCC)CCCNC(=O)OCCCCC#CC#CCCCCCCCCCC)C(=O)CCC(=O)O. The van der Waals surface area contributed by atoms with Crippen molar-refractivity contribution in [2.75, 3.05) is 105 Å². The van der Waals surface area contributed by atoms with Gasteiger partial charge in [0.15, 0.2) is 0 Å². The topological polar surface area (TPSA) is 310 Å². The van der Waals surface area contributed by atoms with Crippen molar-refractivity contribution < 1.29 is 72.0 Å². The Morgan fingerprint density at radius 1 is 0.215 bits per heavy atom. The van der Waals surface area contributed by atoms with E-state index in [1.165, 1.54) is 185 Å². The van der Waals surface area contributed by atoms with E-state index in [4.69, 9.17) is 18.9 Å². The summed E-state index contributed by atoms with van der Waals surface area (Å²) in [5.74, 6) is 45.4. The molecule has 0 rings (SSSR count). The van der Waals surface area contributed by atoms with Gasteiger partial charge in [-0.3, -0.25) is 28.8 Å². The van der Waals surface area contributed by atoms with Gasteiger partial charge in [-0.05, 0) is 163 Å². The standard InChI is InChI=1S/C106H171N9O15/c1-5-9-13-17-21-25-29-33-37-41-45-49-53-57-61-65-93-127-103(123)109-83-71-89-113(90-72-84-110-104(124)128-94-66-62-58-54-50-46-42-38-34-30-26-22-18-14-10-6-2)99(118)77-75-97(116)107-81-69-87-115(101(120)79-80-102(121)122)88-70-82-108-98(117)76-78-100(119)114(91-73-85-111-105(125)129-95-67-63-59-55-51-47-43-39-35-31-27-23-19-15-11-7-3)92-74-86-112-106(126)130-96-68-64-60-56-52-48-44-40-36-32-28-24-20-16-12-8-4/h5-40,57-96H2,1-4H3,(H,107,116)(H,108,117)(H,109,123)(H,110,124)(H,111,125)(H,112,126)(H,121,122). The van der Waals surface area contributed by atoms with Crippen LogP contribution in [0.4, 0.5) is 19.2 Å². The van der Waals surface area contributed by atoms with Crippen LogP contribution in [-0.4, -0.2) is 185 Å². The van der Waals surface area contributed by atoms with E-state index in [-0.39, 0.29) is 149 Å². The number of carboxylic acids is 1. The molecule has 0 spiro atoms. The number of nitrogens with zero attached hydrogens (tertiary/aromatic N) is 3. The molecule has 24 nitrogen and oxygen atoms in total. The monoisotopic (exact) mass is 1810 g/mol. The van der Waals surface area contributed by atoms with Gasteiger partial charge >= 0.3 is 30.3 Å². The van der Waals surface area contributed by atoms with Gasteiger partial charge in [0, 0.05) is 162 Å². The summed E-state index contributed by atoms with van der Waals surface area (Å²) in [6, 6.07) is 0. The van der Waals surface area contributed by atoms with Crippen molar-refractivity contribution in [3.05, 3.63) is 0 Å². The smallest absolute Gasteiger partial charge is 0.407 e. The van der Waals surface area contributed by atoms with Gasteiger partial charge in [0.1, 0.15) is 0 Å². The van der Waals surface area contributed by atoms with Crippen LogP contribution >= 0.6 is 0 Å². The normalized spacial score (nSPS) is 10.2. The maximum atomic E-state index is 13.8. The van der Waals surface area contributed by atoms with Crippen LogP contribution < -0.4 is 31.9 Å². The molecule has 0 saturated carbocycles. The van der Waals surface area contributed by atoms with E-state index in [1.54, 1.807) is 9.80 Å². The molecule has 0 aliphatic heterocycles. The molecule has 0 aromatic carbocycles. The number of carbonyl (C=O) groups is 10. The van der Waals surface area contributed by atoms with Crippen molar-refractivity contribution in [3.63, 3.8) is 0 Å². The number of ether oxygens (including phenoxy) is 4. The lowest BCUT2D eigenvalue weighted by Gasteiger charge is -2.24. The van der Waals surface area contributed by atoms with Crippen LogP contribution in [0.2, 0.25) is 0 Å². The van der Waals surface area contributed by atoms with E-state index >= 15 is 0 Å². The van der Waals surface area contributed by atoms with E-state index in [0.717, 1.165) is 77.0 Å². The summed E-state index contributed by atoms with van der Waals surface area (Å²) >= 11 is 0. The highest BCUT2D eigenvalue weighted by Gasteiger charge is 2.20. The number of unbranched alkanes of at least 4 members (excludes halogenated alkanes) is 40. The fraction of sp³-hybridized carbons (Fsp3) is 0.755. The van der Waals surface area contributed by atoms with Gasteiger partial charge in [-0.2, -0.15) is 0 Å². The molecule has 0 heterocycles. The van der Waals surface area contributed by atoms with Crippen molar-refractivity contribution in [1.82, 2.24) is 46.6 Å². The number of alkyl carbamates (subject to hydrolysis) is 4. The van der Waals surface area contributed by atoms with E-state index in [0.29, 0.717) is 89.9 Å². The molecule has 0 aliphatic carbocycles. The first-order chi connectivity index (χ1) is 63.7. The first-order valence-corrected chi connectivity index (χ1v) is 50.7. The second-order valence-electron chi connectivity index (χ2n) is 33.3. The van der Waals surface area contributed by atoms with Gasteiger partial charge < -0.3 is 70.7 Å². The highest BCUT2D eigenvalue weighted by Crippen LogP contribution is 2.15. The van der Waals surface area contributed by atoms with Gasteiger partial charge in [0.05, 0.1) is 32.8 Å². The van der Waals surface area contributed by atoms with E-state index < -0.39 is 54.5 Å². The minimum atomic E-state index is -1.14. The minimum absolute atomic E-state index is 0.126. The molecule has 0 radical (unpaired) electrons. The molecule has 0 aliphatic rings. The Balaban J connectivity index is 5.54. The second kappa shape index (κ2) is 96.9. The van der Waals surface area contributed by atoms with Gasteiger partial charge in [-0.25, -0.2) is 19.2 Å². The number of amides is 9. The average Bonchev–Trinajstić information content (AvgIpc) is 0.930. The average molecular weight is 1810 g/mol. The van der Waals surface area contributed by atoms with Crippen LogP contribution in [0.15, 0.2) is 0 Å². The summed E-state index contributed by atoms with van der Waals surface area (Å²) in [6.07, 6.45) is 50.6. The van der Waals surface area contributed by atoms with Crippen LogP contribution in [0.1, 0.15) is 413 Å². The summed E-state index contributed by atoms with van der Waals surface area (Å²) in [5, 5.41) is 26.0. The fourth-order valence-corrected chi connectivity index (χ4v) is 13.6. The van der Waals surface area contributed by atoms with Gasteiger partial charge in [-0.15, -0.1) is 0 Å². The number of carbonyl (C=O) groups excluding carboxylic acids is 9. The molecule has 9 amide bonds. The van der Waals surface area contributed by atoms with Gasteiger partial charge in [0.2, 0.25) is 29.5 Å². The minimum Gasteiger partial charge on any atom is -0.481 e. The molecule has 0 bridgehead atoms. The highest BCUT2D eigenvalue weighted by molar-refractivity contribution is 5.85. The molecule has 130 heavy (non-hydrogen) atoms. The largest absolute Gasteiger partial charge is 0.481 e. The zero-order chi connectivity index (χ0) is 94.6. The molecular weight excluding hydrogens is 1640 g/mol. The number of hydrogen-bond donors (Lipinski definition) is 7. The first-order valence-electron chi connectivity index (χ1n) is 50.7. The third kappa shape index (κ3) is 89.0. The summed E-state index contributed by atoms with van der Waals surface area (Å²) in [7, 11) is 0. The quantitative estimate of drug-likeness (QED) is 0.0169. The maximum absolute atomic E-state index is 13.8. The lowest BCUT2D eigenvalue weighted by atomic mass is 10.1. The van der Waals surface area contributed by atoms with Crippen LogP contribution in [0.3, 0.4) is 0 Å². The van der Waals surface area contributed by atoms with Gasteiger partial charge in [0.25, 0.3) is 0 Å². The second-order valence-corrected chi connectivity index (χ2v) is 33.3. The predicted molar refractivity (Wildman–Crippen MR) is 523 cm³/mol. The number of rotatable bonds is 81. The van der Waals surface area contributed by atoms with Crippen molar-refractivity contribution in [1.29, 1.82) is 0 Å². The Hall–Kier alpha value is -9.62. The van der Waals surface area contributed by atoms with Crippen molar-refractivity contribution >= 4 is 59.9 Å². The molecule has 0 saturated heterocycles. The van der Waals surface area contributed by atoms with E-state index in [9.17, 15) is 53.1 Å². The van der Waals surface area contributed by atoms with Crippen molar-refractivity contribution in [3.8, 4) is 94.7 Å². The number of carboxylic acid groups (broad SMARTS) is 1. The summed E-state index contributed by atoms with van der Waals surface area (Å²) in [6.45, 7) is 12.3. The first kappa shape index (κ1) is 120. The third-order valence-corrected chi connectivity index (χ3v) is 21.4. The van der Waals surface area contributed by atoms with Crippen LogP contribution in [0.5, 0.6) is 0 Å². The molecule has 0 fully saturated rings.